The Morgan fingerprint density at radius 1 is 1.19 bits per heavy atom. The van der Waals surface area contributed by atoms with Crippen LogP contribution < -0.4 is 0 Å². The van der Waals surface area contributed by atoms with Crippen LogP contribution in [-0.4, -0.2) is 38.7 Å². The number of hydrogen-bond donors (Lipinski definition) is 5. The Labute approximate surface area is 200 Å². The second-order valence-electron chi connectivity index (χ2n) is 10.2. The molecule has 3 N–H and O–H groups in total. The maximum absolute atomic E-state index is 10.1. The molecule has 0 aliphatic heterocycles. The Kier molecular flexibility index (Phi) is 10.3. The second kappa shape index (κ2) is 11.8. The normalized spacial score (nSPS) is 37.9. The number of rotatable bonds is 6. The first-order valence-electron chi connectivity index (χ1n) is 11.9. The third kappa shape index (κ3) is 7.14. The van der Waals surface area contributed by atoms with Crippen LogP contribution in [0.5, 0.6) is 0 Å². The third-order valence-electron chi connectivity index (χ3n) is 7.88. The van der Waals surface area contributed by atoms with Crippen molar-refractivity contribution in [3.05, 3.63) is 35.5 Å². The molecule has 3 aliphatic rings. The number of allylic oxidation sites excluding steroid dienone is 3. The Morgan fingerprint density at radius 3 is 2.58 bits per heavy atom. The molecule has 3 aliphatic carbocycles. The molecule has 0 amide bonds. The summed E-state index contributed by atoms with van der Waals surface area (Å²) in [6.07, 6.45) is 16.5. The van der Waals surface area contributed by atoms with E-state index >= 15 is 0 Å². The van der Waals surface area contributed by atoms with Crippen molar-refractivity contribution in [1.82, 2.24) is 0 Å². The van der Waals surface area contributed by atoms with Crippen LogP contribution in [-0.2, 0) is 0 Å². The van der Waals surface area contributed by atoms with E-state index < -0.39 is 17.1 Å². The predicted molar refractivity (Wildman–Crippen MR) is 138 cm³/mol. The van der Waals surface area contributed by atoms with Crippen molar-refractivity contribution in [3.63, 3.8) is 0 Å². The van der Waals surface area contributed by atoms with Crippen molar-refractivity contribution in [1.29, 1.82) is 0 Å². The quantitative estimate of drug-likeness (QED) is 0.192. The first-order valence-corrected chi connectivity index (χ1v) is 13.3. The van der Waals surface area contributed by atoms with Crippen molar-refractivity contribution < 1.29 is 15.3 Å². The van der Waals surface area contributed by atoms with Gasteiger partial charge >= 0.3 is 0 Å². The lowest BCUT2D eigenvalue weighted by Gasteiger charge is -2.42. The van der Waals surface area contributed by atoms with Crippen LogP contribution in [0.3, 0.4) is 0 Å². The fourth-order valence-electron chi connectivity index (χ4n) is 6.14. The summed E-state index contributed by atoms with van der Waals surface area (Å²) in [7, 11) is 0. The Bertz CT molecular complexity index is 664. The van der Waals surface area contributed by atoms with E-state index in [0.29, 0.717) is 24.2 Å². The van der Waals surface area contributed by atoms with Crippen molar-refractivity contribution >= 4 is 25.3 Å². The SMILES string of the molecule is C=C1/C(=C\C=C2/CCC[C@]3(C)[C@@H](CCCCC(C)(O)S)CC[C@@H]23)C[C@@H](O)C[C@@H]1O.CS. The minimum atomic E-state index is -0.847. The van der Waals surface area contributed by atoms with Gasteiger partial charge < -0.3 is 15.3 Å². The second-order valence-corrected chi connectivity index (χ2v) is 11.2. The topological polar surface area (TPSA) is 60.7 Å². The molecular weight excluding hydrogens is 424 g/mol. The van der Waals surface area contributed by atoms with Gasteiger partial charge in [0.25, 0.3) is 0 Å². The summed E-state index contributed by atoms with van der Waals surface area (Å²) in [4.78, 5) is -0.847. The molecule has 31 heavy (non-hydrogen) atoms. The highest BCUT2D eigenvalue weighted by molar-refractivity contribution is 7.81. The van der Waals surface area contributed by atoms with Crippen LogP contribution in [0.25, 0.3) is 0 Å². The van der Waals surface area contributed by atoms with E-state index in [4.69, 9.17) is 0 Å². The standard InChI is InChI=1S/C25H40O3S.CH4S/c1-17-19(15-21(26)16-23(17)27)10-9-18-7-6-13-24(2)20(11-12-22(18)24)8-4-5-14-25(3,28)29;1-2/h9-10,20-23,26-29H,1,4-8,11-16H2,2-3H3;2H,1H3/b18-9+,19-10-;/t20-,21+,22-,23-,24+,25?;/m0./s1. The molecule has 0 spiro atoms. The van der Waals surface area contributed by atoms with Gasteiger partial charge in [-0.1, -0.05) is 37.6 Å². The van der Waals surface area contributed by atoms with Crippen LogP contribution in [0.1, 0.15) is 84.5 Å². The predicted octanol–water partition coefficient (Wildman–Crippen LogP) is 5.87. The summed E-state index contributed by atoms with van der Waals surface area (Å²) in [6, 6.07) is 0. The van der Waals surface area contributed by atoms with Gasteiger partial charge in [-0.05, 0) is 99.4 Å². The zero-order valence-corrected chi connectivity index (χ0v) is 21.5. The van der Waals surface area contributed by atoms with Gasteiger partial charge in [0.15, 0.2) is 0 Å². The molecule has 0 aromatic carbocycles. The molecule has 0 radical (unpaired) electrons. The maximum atomic E-state index is 10.1. The van der Waals surface area contributed by atoms with Gasteiger partial charge in [0.1, 0.15) is 4.93 Å². The Balaban J connectivity index is 0.00000166. The summed E-state index contributed by atoms with van der Waals surface area (Å²) in [6.45, 7) is 8.31. The van der Waals surface area contributed by atoms with Crippen LogP contribution in [0.15, 0.2) is 35.5 Å². The summed E-state index contributed by atoms with van der Waals surface area (Å²) in [5, 5.41) is 29.9. The van der Waals surface area contributed by atoms with E-state index in [0.717, 1.165) is 36.3 Å². The fraction of sp³-hybridized carbons (Fsp3) is 0.769. The average Bonchev–Trinajstić information content (AvgIpc) is 3.04. The molecule has 3 rings (SSSR count). The molecule has 6 atom stereocenters. The highest BCUT2D eigenvalue weighted by Crippen LogP contribution is 2.58. The van der Waals surface area contributed by atoms with Crippen molar-refractivity contribution in [2.45, 2.75) is 102 Å². The zero-order chi connectivity index (χ0) is 23.2. The highest BCUT2D eigenvalue weighted by Gasteiger charge is 2.48. The number of unbranched alkanes of at least 4 members (excludes halogenated alkanes) is 1. The van der Waals surface area contributed by atoms with E-state index in [9.17, 15) is 15.3 Å². The van der Waals surface area contributed by atoms with Crippen LogP contribution in [0.2, 0.25) is 0 Å². The van der Waals surface area contributed by atoms with Gasteiger partial charge in [0.05, 0.1) is 12.2 Å². The van der Waals surface area contributed by atoms with E-state index in [1.54, 1.807) is 18.8 Å². The lowest BCUT2D eigenvalue weighted by molar-refractivity contribution is 0.0862. The van der Waals surface area contributed by atoms with Gasteiger partial charge in [-0.2, -0.15) is 12.6 Å². The highest BCUT2D eigenvalue weighted by atomic mass is 32.1. The summed E-state index contributed by atoms with van der Waals surface area (Å²) >= 11 is 7.76. The summed E-state index contributed by atoms with van der Waals surface area (Å²) in [5.41, 5.74) is 3.71. The number of hydrogen-bond acceptors (Lipinski definition) is 5. The van der Waals surface area contributed by atoms with E-state index in [1.165, 1.54) is 38.5 Å². The molecule has 5 heteroatoms. The van der Waals surface area contributed by atoms with E-state index in [2.05, 4.69) is 50.9 Å². The Morgan fingerprint density at radius 2 is 1.90 bits per heavy atom. The molecule has 0 bridgehead atoms. The smallest absolute Gasteiger partial charge is 0.104 e. The summed E-state index contributed by atoms with van der Waals surface area (Å²) < 4.78 is 0. The minimum absolute atomic E-state index is 0.384. The minimum Gasteiger partial charge on any atom is -0.393 e. The van der Waals surface area contributed by atoms with Gasteiger partial charge in [-0.3, -0.25) is 0 Å². The molecule has 1 unspecified atom stereocenters. The van der Waals surface area contributed by atoms with Crippen molar-refractivity contribution in [3.8, 4) is 0 Å². The lowest BCUT2D eigenvalue weighted by Crippen LogP contribution is -2.33. The molecule has 0 aromatic rings. The monoisotopic (exact) mass is 468 g/mol. The molecule has 0 saturated heterocycles. The van der Waals surface area contributed by atoms with Crippen molar-refractivity contribution in [2.75, 3.05) is 6.26 Å². The number of aliphatic hydroxyl groups is 3. The number of aliphatic hydroxyl groups excluding tert-OH is 2. The largest absolute Gasteiger partial charge is 0.393 e. The molecule has 178 valence electrons. The first-order chi connectivity index (χ1) is 14.6. The van der Waals surface area contributed by atoms with Gasteiger partial charge in [0, 0.05) is 6.42 Å². The van der Waals surface area contributed by atoms with Crippen LogP contribution in [0, 0.1) is 17.3 Å². The van der Waals surface area contributed by atoms with Gasteiger partial charge in [-0.25, -0.2) is 0 Å². The zero-order valence-electron chi connectivity index (χ0n) is 19.7. The fourth-order valence-corrected chi connectivity index (χ4v) is 6.29. The van der Waals surface area contributed by atoms with Gasteiger partial charge in [0.2, 0.25) is 0 Å². The van der Waals surface area contributed by atoms with Crippen molar-refractivity contribution in [2.24, 2.45) is 17.3 Å². The Hall–Kier alpha value is -0.200. The molecule has 3 fully saturated rings. The number of thiol groups is 2. The molecule has 3 nitrogen and oxygen atoms in total. The van der Waals surface area contributed by atoms with Gasteiger partial charge in [-0.15, -0.1) is 12.6 Å². The molecule has 0 aromatic heterocycles. The maximum Gasteiger partial charge on any atom is 0.104 e. The average molecular weight is 469 g/mol. The molecule has 0 heterocycles. The summed E-state index contributed by atoms with van der Waals surface area (Å²) in [5.74, 6) is 1.42. The van der Waals surface area contributed by atoms with E-state index in [-0.39, 0.29) is 0 Å². The molecule has 3 saturated carbocycles. The van der Waals surface area contributed by atoms with E-state index in [1.807, 2.05) is 0 Å². The van der Waals surface area contributed by atoms with Crippen LogP contribution in [0.4, 0.5) is 0 Å². The number of fused-ring (bicyclic) bond motifs is 1. The third-order valence-corrected chi connectivity index (χ3v) is 8.10. The molecular formula is C26H44O3S2. The first kappa shape index (κ1) is 27.0. The lowest BCUT2D eigenvalue weighted by atomic mass is 9.62. The van der Waals surface area contributed by atoms with Crippen LogP contribution >= 0.6 is 25.3 Å².